The molecule has 0 radical (unpaired) electrons. The molecule has 1 unspecified atom stereocenters. The number of amides is 1. The molecule has 1 atom stereocenters. The molecule has 1 saturated heterocycles. The van der Waals surface area contributed by atoms with Gasteiger partial charge in [-0.25, -0.2) is 4.39 Å². The fourth-order valence-corrected chi connectivity index (χ4v) is 4.01. The van der Waals surface area contributed by atoms with Gasteiger partial charge in [0.25, 0.3) is 5.91 Å². The van der Waals surface area contributed by atoms with Gasteiger partial charge in [-0.3, -0.25) is 19.6 Å². The van der Waals surface area contributed by atoms with Crippen molar-refractivity contribution in [1.29, 1.82) is 0 Å². The van der Waals surface area contributed by atoms with Crippen LogP contribution in [0.1, 0.15) is 33.2 Å². The number of carbonyl (C=O) groups excluding carboxylic acids is 2. The number of piperazine rings is 1. The number of hydrogen-bond acceptors (Lipinski definition) is 5. The van der Waals surface area contributed by atoms with E-state index in [9.17, 15) is 14.0 Å². The molecule has 1 N–H and O–H groups in total. The molecule has 1 fully saturated rings. The minimum atomic E-state index is -0.396. The van der Waals surface area contributed by atoms with Crippen molar-refractivity contribution in [3.8, 4) is 0 Å². The van der Waals surface area contributed by atoms with Crippen LogP contribution >= 0.6 is 0 Å². The number of hydrogen-bond donors (Lipinski definition) is 1. The largest absolute Gasteiger partial charge is 0.347 e. The van der Waals surface area contributed by atoms with Crippen LogP contribution < -0.4 is 5.32 Å². The number of nitrogens with one attached hydrogen (secondary N) is 1. The van der Waals surface area contributed by atoms with Crippen molar-refractivity contribution >= 4 is 12.2 Å². The third-order valence-corrected chi connectivity index (χ3v) is 5.91. The SMILES string of the molecule is O=CC(c1ccc(C(=O)NCc2ccccc2)nc1)N1CCN(Cc2ccc(F)cc2)CC1. The molecule has 2 aromatic carbocycles. The smallest absolute Gasteiger partial charge is 0.270 e. The van der Waals surface area contributed by atoms with Crippen molar-refractivity contribution in [2.45, 2.75) is 19.1 Å². The lowest BCUT2D eigenvalue weighted by Crippen LogP contribution is -2.47. The van der Waals surface area contributed by atoms with Gasteiger partial charge in [0.05, 0.1) is 6.04 Å². The molecule has 0 spiro atoms. The van der Waals surface area contributed by atoms with Crippen LogP contribution in [-0.2, 0) is 17.9 Å². The minimum absolute atomic E-state index is 0.231. The van der Waals surface area contributed by atoms with Crippen molar-refractivity contribution in [3.05, 3.63) is 101 Å². The Kier molecular flexibility index (Phi) is 7.55. The molecule has 0 saturated carbocycles. The van der Waals surface area contributed by atoms with Crippen LogP contribution in [0.15, 0.2) is 72.9 Å². The van der Waals surface area contributed by atoms with E-state index in [0.717, 1.165) is 55.7 Å². The molecular weight excluding hydrogens is 419 g/mol. The van der Waals surface area contributed by atoms with Gasteiger partial charge < -0.3 is 10.1 Å². The van der Waals surface area contributed by atoms with Crippen molar-refractivity contribution in [1.82, 2.24) is 20.1 Å². The lowest BCUT2D eigenvalue weighted by atomic mass is 10.1. The molecule has 7 heteroatoms. The van der Waals surface area contributed by atoms with E-state index in [1.165, 1.54) is 12.1 Å². The van der Waals surface area contributed by atoms with E-state index in [1.54, 1.807) is 30.5 Å². The summed E-state index contributed by atoms with van der Waals surface area (Å²) >= 11 is 0. The zero-order valence-electron chi connectivity index (χ0n) is 18.4. The maximum Gasteiger partial charge on any atom is 0.270 e. The average Bonchev–Trinajstić information content (AvgIpc) is 2.86. The van der Waals surface area contributed by atoms with Crippen molar-refractivity contribution in [3.63, 3.8) is 0 Å². The molecule has 1 aromatic heterocycles. The van der Waals surface area contributed by atoms with Gasteiger partial charge in [-0.1, -0.05) is 48.5 Å². The highest BCUT2D eigenvalue weighted by Gasteiger charge is 2.25. The number of carbonyl (C=O) groups is 2. The number of aromatic nitrogens is 1. The van der Waals surface area contributed by atoms with Gasteiger partial charge >= 0.3 is 0 Å². The molecular formula is C26H27FN4O2. The molecule has 1 aliphatic rings. The van der Waals surface area contributed by atoms with Crippen molar-refractivity contribution in [2.24, 2.45) is 0 Å². The molecule has 3 aromatic rings. The third-order valence-electron chi connectivity index (χ3n) is 5.91. The van der Waals surface area contributed by atoms with Crippen molar-refractivity contribution < 1.29 is 14.0 Å². The van der Waals surface area contributed by atoms with E-state index in [-0.39, 0.29) is 11.7 Å². The predicted octanol–water partition coefficient (Wildman–Crippen LogP) is 3.21. The zero-order valence-corrected chi connectivity index (χ0v) is 18.4. The van der Waals surface area contributed by atoms with E-state index in [4.69, 9.17) is 0 Å². The summed E-state index contributed by atoms with van der Waals surface area (Å²) in [5.74, 6) is -0.479. The van der Waals surface area contributed by atoms with Gasteiger partial charge in [-0.15, -0.1) is 0 Å². The summed E-state index contributed by atoms with van der Waals surface area (Å²) < 4.78 is 13.1. The Balaban J connectivity index is 1.30. The topological polar surface area (TPSA) is 65.5 Å². The van der Waals surface area contributed by atoms with Gasteiger partial charge in [-0.05, 0) is 34.9 Å². The summed E-state index contributed by atoms with van der Waals surface area (Å²) in [7, 11) is 0. The number of nitrogens with zero attached hydrogens (tertiary/aromatic N) is 3. The van der Waals surface area contributed by atoms with E-state index in [0.29, 0.717) is 12.2 Å². The molecule has 170 valence electrons. The van der Waals surface area contributed by atoms with Gasteiger partial charge in [0.15, 0.2) is 0 Å². The quantitative estimate of drug-likeness (QED) is 0.539. The first-order valence-corrected chi connectivity index (χ1v) is 11.1. The van der Waals surface area contributed by atoms with Gasteiger partial charge in [0, 0.05) is 45.5 Å². The number of pyridine rings is 1. The lowest BCUT2D eigenvalue weighted by Gasteiger charge is -2.37. The summed E-state index contributed by atoms with van der Waals surface area (Å²) in [5, 5.41) is 2.86. The number of benzene rings is 2. The van der Waals surface area contributed by atoms with E-state index in [1.807, 2.05) is 30.3 Å². The highest BCUT2D eigenvalue weighted by molar-refractivity contribution is 5.92. The number of aldehydes is 1. The molecule has 0 aliphatic carbocycles. The van der Waals surface area contributed by atoms with Gasteiger partial charge in [-0.2, -0.15) is 0 Å². The Morgan fingerprint density at radius 1 is 0.970 bits per heavy atom. The van der Waals surface area contributed by atoms with E-state index in [2.05, 4.69) is 20.1 Å². The molecule has 0 bridgehead atoms. The van der Waals surface area contributed by atoms with Crippen LogP contribution in [0.5, 0.6) is 0 Å². The molecule has 6 nitrogen and oxygen atoms in total. The second kappa shape index (κ2) is 10.9. The van der Waals surface area contributed by atoms with Crippen LogP contribution in [0.3, 0.4) is 0 Å². The molecule has 33 heavy (non-hydrogen) atoms. The van der Waals surface area contributed by atoms with Crippen LogP contribution in [0.2, 0.25) is 0 Å². The first kappa shape index (κ1) is 22.8. The van der Waals surface area contributed by atoms with Crippen molar-refractivity contribution in [2.75, 3.05) is 26.2 Å². The molecule has 4 rings (SSSR count). The monoisotopic (exact) mass is 446 g/mol. The number of rotatable bonds is 8. The van der Waals surface area contributed by atoms with Gasteiger partial charge in [0.2, 0.25) is 0 Å². The average molecular weight is 447 g/mol. The van der Waals surface area contributed by atoms with Crippen LogP contribution in [0.25, 0.3) is 0 Å². The number of halogens is 1. The predicted molar refractivity (Wildman–Crippen MR) is 124 cm³/mol. The summed E-state index contributed by atoms with van der Waals surface area (Å²) in [5.41, 5.74) is 3.18. The van der Waals surface area contributed by atoms with Crippen LogP contribution in [0.4, 0.5) is 4.39 Å². The summed E-state index contributed by atoms with van der Waals surface area (Å²) in [6.07, 6.45) is 2.54. The first-order chi connectivity index (χ1) is 16.1. The first-order valence-electron chi connectivity index (χ1n) is 11.1. The van der Waals surface area contributed by atoms with E-state index >= 15 is 0 Å². The second-order valence-corrected chi connectivity index (χ2v) is 8.16. The minimum Gasteiger partial charge on any atom is -0.347 e. The fraction of sp³-hybridized carbons (Fsp3) is 0.269. The summed E-state index contributed by atoms with van der Waals surface area (Å²) in [6, 6.07) is 19.3. The van der Waals surface area contributed by atoms with Gasteiger partial charge in [0.1, 0.15) is 17.8 Å². The zero-order chi connectivity index (χ0) is 23.0. The Hall–Kier alpha value is -3.42. The fourth-order valence-electron chi connectivity index (χ4n) is 4.01. The van der Waals surface area contributed by atoms with E-state index < -0.39 is 6.04 Å². The summed E-state index contributed by atoms with van der Waals surface area (Å²) in [6.45, 7) is 4.30. The third kappa shape index (κ3) is 6.09. The summed E-state index contributed by atoms with van der Waals surface area (Å²) in [4.78, 5) is 33.0. The Labute approximate surface area is 193 Å². The molecule has 1 amide bonds. The highest BCUT2D eigenvalue weighted by atomic mass is 19.1. The lowest BCUT2D eigenvalue weighted by molar-refractivity contribution is -0.113. The Morgan fingerprint density at radius 3 is 2.33 bits per heavy atom. The maximum atomic E-state index is 13.1. The molecule has 1 aliphatic heterocycles. The normalized spacial score (nSPS) is 15.7. The van der Waals surface area contributed by atoms with Crippen LogP contribution in [0, 0.1) is 5.82 Å². The standard InChI is InChI=1S/C26H27FN4O2/c27-23-9-6-21(7-10-23)18-30-12-14-31(15-13-30)25(19-32)22-8-11-24(28-17-22)26(33)29-16-20-4-2-1-3-5-20/h1-11,17,19,25H,12-16,18H2,(H,29,33). The highest BCUT2D eigenvalue weighted by Crippen LogP contribution is 2.21. The second-order valence-electron chi connectivity index (χ2n) is 8.16. The molecule has 2 heterocycles. The Morgan fingerprint density at radius 2 is 1.70 bits per heavy atom. The maximum absolute atomic E-state index is 13.1. The van der Waals surface area contributed by atoms with Crippen LogP contribution in [-0.4, -0.2) is 53.2 Å². The Bertz CT molecular complexity index is 1050.